The standard InChI is InChI=1S/C17H18N4O4S/c22-17(19-9-12-5-2-1-3-6-12)21-10-13-14(11-21)25-16-15(7-4-8-18-16)26(23,24)20-13/h1-8,13-14,20H,9-11H2,(H,19,22). The smallest absolute Gasteiger partial charge is 0.317 e. The molecule has 2 amide bonds. The van der Waals surface area contributed by atoms with Crippen LogP contribution < -0.4 is 14.8 Å². The van der Waals surface area contributed by atoms with Gasteiger partial charge in [-0.2, -0.15) is 0 Å². The van der Waals surface area contributed by atoms with Gasteiger partial charge in [0.15, 0.2) is 0 Å². The minimum Gasteiger partial charge on any atom is -0.470 e. The van der Waals surface area contributed by atoms with E-state index >= 15 is 0 Å². The highest BCUT2D eigenvalue weighted by Crippen LogP contribution is 2.28. The van der Waals surface area contributed by atoms with Crippen LogP contribution in [0.2, 0.25) is 0 Å². The van der Waals surface area contributed by atoms with Crippen molar-refractivity contribution >= 4 is 16.1 Å². The Hall–Kier alpha value is -2.65. The molecule has 1 aromatic carbocycles. The van der Waals surface area contributed by atoms with Gasteiger partial charge in [-0.3, -0.25) is 0 Å². The molecule has 0 saturated carbocycles. The summed E-state index contributed by atoms with van der Waals surface area (Å²) in [7, 11) is -3.73. The van der Waals surface area contributed by atoms with Gasteiger partial charge in [-0.15, -0.1) is 0 Å². The third kappa shape index (κ3) is 3.23. The number of carbonyl (C=O) groups excluding carboxylic acids is 1. The molecule has 2 unspecified atom stereocenters. The quantitative estimate of drug-likeness (QED) is 0.807. The molecule has 2 aliphatic rings. The number of rotatable bonds is 2. The highest BCUT2D eigenvalue weighted by Gasteiger charge is 2.43. The second-order valence-electron chi connectivity index (χ2n) is 6.24. The molecule has 0 spiro atoms. The SMILES string of the molecule is O=C(NCc1ccccc1)N1CC2NS(=O)(=O)c3cccnc3OC2C1. The van der Waals surface area contributed by atoms with Crippen molar-refractivity contribution in [2.24, 2.45) is 0 Å². The molecule has 1 fully saturated rings. The summed E-state index contributed by atoms with van der Waals surface area (Å²) < 4.78 is 33.3. The summed E-state index contributed by atoms with van der Waals surface area (Å²) >= 11 is 0. The van der Waals surface area contributed by atoms with E-state index in [1.165, 1.54) is 12.3 Å². The van der Waals surface area contributed by atoms with Gasteiger partial charge in [0.2, 0.25) is 15.9 Å². The zero-order chi connectivity index (χ0) is 18.1. The molecular weight excluding hydrogens is 356 g/mol. The van der Waals surface area contributed by atoms with Gasteiger partial charge in [0.25, 0.3) is 0 Å². The largest absolute Gasteiger partial charge is 0.470 e. The zero-order valence-corrected chi connectivity index (χ0v) is 14.6. The molecule has 136 valence electrons. The number of urea groups is 1. The Morgan fingerprint density at radius 1 is 1.23 bits per heavy atom. The number of hydrogen-bond acceptors (Lipinski definition) is 5. The fourth-order valence-electron chi connectivity index (χ4n) is 3.13. The first-order valence-corrected chi connectivity index (χ1v) is 9.72. The minimum atomic E-state index is -3.73. The lowest BCUT2D eigenvalue weighted by atomic mass is 10.2. The number of benzene rings is 1. The molecule has 2 N–H and O–H groups in total. The average Bonchev–Trinajstić information content (AvgIpc) is 2.98. The Labute approximate surface area is 151 Å². The van der Waals surface area contributed by atoms with E-state index in [2.05, 4.69) is 15.0 Å². The van der Waals surface area contributed by atoms with Gasteiger partial charge in [-0.05, 0) is 17.7 Å². The molecule has 9 heteroatoms. The topological polar surface area (TPSA) is 101 Å². The van der Waals surface area contributed by atoms with Crippen LogP contribution in [0.1, 0.15) is 5.56 Å². The first-order chi connectivity index (χ1) is 12.5. The van der Waals surface area contributed by atoms with E-state index in [0.29, 0.717) is 6.54 Å². The Kier molecular flexibility index (Phi) is 4.25. The predicted molar refractivity (Wildman–Crippen MR) is 93.0 cm³/mol. The number of hydrogen-bond donors (Lipinski definition) is 2. The molecule has 8 nitrogen and oxygen atoms in total. The number of likely N-dealkylation sites (tertiary alicyclic amines) is 1. The lowest BCUT2D eigenvalue weighted by Gasteiger charge is -2.18. The zero-order valence-electron chi connectivity index (χ0n) is 13.8. The molecule has 3 heterocycles. The van der Waals surface area contributed by atoms with Gasteiger partial charge in [0, 0.05) is 19.3 Å². The molecular formula is C17H18N4O4S. The van der Waals surface area contributed by atoms with Crippen LogP contribution in [0.4, 0.5) is 4.79 Å². The summed E-state index contributed by atoms with van der Waals surface area (Å²) in [6.45, 7) is 0.921. The van der Waals surface area contributed by atoms with Crippen LogP contribution >= 0.6 is 0 Å². The first-order valence-electron chi connectivity index (χ1n) is 8.24. The number of nitrogens with one attached hydrogen (secondary N) is 2. The normalized spacial score (nSPS) is 23.3. The van der Waals surface area contributed by atoms with Gasteiger partial charge < -0.3 is 15.0 Å². The fraction of sp³-hybridized carbons (Fsp3) is 0.294. The maximum absolute atomic E-state index is 12.5. The van der Waals surface area contributed by atoms with E-state index in [-0.39, 0.29) is 29.9 Å². The van der Waals surface area contributed by atoms with Crippen LogP contribution in [0.3, 0.4) is 0 Å². The summed E-state index contributed by atoms with van der Waals surface area (Å²) in [5.41, 5.74) is 0.990. The van der Waals surface area contributed by atoms with Crippen LogP contribution in [0.5, 0.6) is 5.88 Å². The maximum Gasteiger partial charge on any atom is 0.317 e. The summed E-state index contributed by atoms with van der Waals surface area (Å²) in [4.78, 5) is 18.0. The van der Waals surface area contributed by atoms with Crippen molar-refractivity contribution in [1.82, 2.24) is 19.9 Å². The molecule has 0 aliphatic carbocycles. The van der Waals surface area contributed by atoms with E-state index < -0.39 is 22.2 Å². The highest BCUT2D eigenvalue weighted by atomic mass is 32.2. The number of nitrogens with zero attached hydrogens (tertiary/aromatic N) is 2. The third-order valence-corrected chi connectivity index (χ3v) is 5.94. The molecule has 4 rings (SSSR count). The van der Waals surface area contributed by atoms with Gasteiger partial charge in [0.05, 0.1) is 12.6 Å². The molecule has 0 radical (unpaired) electrons. The summed E-state index contributed by atoms with van der Waals surface area (Å²) in [6.07, 6.45) is 0.997. The van der Waals surface area contributed by atoms with Gasteiger partial charge in [-0.1, -0.05) is 30.3 Å². The molecule has 1 aromatic heterocycles. The maximum atomic E-state index is 12.5. The lowest BCUT2D eigenvalue weighted by molar-refractivity contribution is 0.174. The van der Waals surface area contributed by atoms with Crippen molar-refractivity contribution < 1.29 is 17.9 Å². The van der Waals surface area contributed by atoms with Crippen LogP contribution in [0.25, 0.3) is 0 Å². The Bertz CT molecular complexity index is 919. The van der Waals surface area contributed by atoms with Gasteiger partial charge in [-0.25, -0.2) is 22.9 Å². The van der Waals surface area contributed by atoms with E-state index in [1.54, 1.807) is 11.0 Å². The molecule has 2 aliphatic heterocycles. The highest BCUT2D eigenvalue weighted by molar-refractivity contribution is 7.89. The van der Waals surface area contributed by atoms with Gasteiger partial charge >= 0.3 is 6.03 Å². The Balaban J connectivity index is 1.46. The van der Waals surface area contributed by atoms with Crippen molar-refractivity contribution in [2.45, 2.75) is 23.6 Å². The number of ether oxygens (including phenoxy) is 1. The molecule has 1 saturated heterocycles. The predicted octanol–water partition coefficient (Wildman–Crippen LogP) is 0.715. The third-order valence-electron chi connectivity index (χ3n) is 4.44. The van der Waals surface area contributed by atoms with Crippen LogP contribution in [0, 0.1) is 0 Å². The van der Waals surface area contributed by atoms with Crippen molar-refractivity contribution in [3.63, 3.8) is 0 Å². The molecule has 0 bridgehead atoms. The summed E-state index contributed by atoms with van der Waals surface area (Å²) in [6, 6.07) is 11.8. The molecule has 26 heavy (non-hydrogen) atoms. The number of aromatic nitrogens is 1. The van der Waals surface area contributed by atoms with E-state index in [1.807, 2.05) is 30.3 Å². The van der Waals surface area contributed by atoms with Crippen LogP contribution in [-0.4, -0.2) is 49.6 Å². The second-order valence-corrected chi connectivity index (χ2v) is 7.92. The fourth-order valence-corrected chi connectivity index (χ4v) is 4.47. The van der Waals surface area contributed by atoms with Crippen molar-refractivity contribution in [1.29, 1.82) is 0 Å². The first kappa shape index (κ1) is 16.8. The number of fused-ring (bicyclic) bond motifs is 2. The van der Waals surface area contributed by atoms with Crippen LogP contribution in [0.15, 0.2) is 53.6 Å². The van der Waals surface area contributed by atoms with Gasteiger partial charge in [0.1, 0.15) is 11.0 Å². The van der Waals surface area contributed by atoms with Crippen molar-refractivity contribution in [2.75, 3.05) is 13.1 Å². The number of carbonyl (C=O) groups is 1. The Morgan fingerprint density at radius 3 is 2.85 bits per heavy atom. The molecule has 2 aromatic rings. The average molecular weight is 374 g/mol. The summed E-state index contributed by atoms with van der Waals surface area (Å²) in [5.74, 6) is 0.0686. The second kappa shape index (κ2) is 6.58. The van der Waals surface area contributed by atoms with E-state index in [0.717, 1.165) is 5.56 Å². The van der Waals surface area contributed by atoms with Crippen molar-refractivity contribution in [3.8, 4) is 5.88 Å². The summed E-state index contributed by atoms with van der Waals surface area (Å²) in [5, 5.41) is 2.84. The molecule has 2 atom stereocenters. The van der Waals surface area contributed by atoms with Crippen LogP contribution in [-0.2, 0) is 16.6 Å². The Morgan fingerprint density at radius 2 is 2.04 bits per heavy atom. The van der Waals surface area contributed by atoms with Crippen molar-refractivity contribution in [3.05, 3.63) is 54.2 Å². The minimum absolute atomic E-state index is 0.0227. The lowest BCUT2D eigenvalue weighted by Crippen LogP contribution is -2.43. The number of pyridine rings is 1. The number of sulfonamides is 1. The number of amides is 2. The van der Waals surface area contributed by atoms with E-state index in [9.17, 15) is 13.2 Å². The monoisotopic (exact) mass is 374 g/mol. The van der Waals surface area contributed by atoms with E-state index in [4.69, 9.17) is 4.74 Å².